The van der Waals surface area contributed by atoms with Gasteiger partial charge in [0.05, 0.1) is 6.61 Å². The standard InChI is InChI=1S/C6H11Cl3OP.Cl6P/c1-3-4-10-5-6(2)11(7,8)9;1-7(2,3,4,5)6/h5H,3-4H2,1-2H3;/q+1;-1/b6-5+;. The van der Waals surface area contributed by atoms with Crippen molar-refractivity contribution in [3.05, 3.63) is 11.6 Å². The molecule has 0 bridgehead atoms. The summed E-state index contributed by atoms with van der Waals surface area (Å²) in [6.45, 7) is 4.45. The van der Waals surface area contributed by atoms with Crippen LogP contribution in [0.3, 0.4) is 0 Å². The monoisotopic (exact) mass is 476 g/mol. The van der Waals surface area contributed by atoms with Gasteiger partial charge in [-0.15, -0.1) is 0 Å². The minimum atomic E-state index is -4.82. The van der Waals surface area contributed by atoms with E-state index in [4.69, 9.17) is 106 Å². The van der Waals surface area contributed by atoms with E-state index in [1.807, 2.05) is 6.92 Å². The summed E-state index contributed by atoms with van der Waals surface area (Å²) < 4.78 is 0.259. The number of rotatable bonds is 4. The Bertz CT molecular complexity index is 275. The predicted molar refractivity (Wildman–Crippen MR) is 96.5 cm³/mol. The van der Waals surface area contributed by atoms with Crippen LogP contribution in [0.4, 0.5) is 0 Å². The van der Waals surface area contributed by atoms with E-state index in [1.165, 1.54) is 6.26 Å². The zero-order valence-corrected chi connectivity index (χ0v) is 17.8. The maximum absolute atomic E-state index is 5.66. The van der Waals surface area contributed by atoms with Crippen molar-refractivity contribution in [2.45, 2.75) is 20.3 Å². The summed E-state index contributed by atoms with van der Waals surface area (Å²) in [5, 5.41) is -1.69. The molecule has 0 N–H and O–H groups in total. The average molecular weight is 480 g/mol. The van der Waals surface area contributed by atoms with E-state index in [2.05, 4.69) is 0 Å². The summed E-state index contributed by atoms with van der Waals surface area (Å²) >= 11 is 47.0. The van der Waals surface area contributed by atoms with Crippen molar-refractivity contribution in [1.82, 2.24) is 0 Å². The van der Waals surface area contributed by atoms with Crippen LogP contribution >= 0.6 is 109 Å². The summed E-state index contributed by atoms with van der Waals surface area (Å²) in [5.74, 6) is 0. The van der Waals surface area contributed by atoms with Gasteiger partial charge >= 0.3 is 74.8 Å². The Hall–Kier alpha value is 3.01. The molecule has 0 saturated carbocycles. The van der Waals surface area contributed by atoms with Gasteiger partial charge in [-0.1, -0.05) is 6.92 Å². The summed E-state index contributed by atoms with van der Waals surface area (Å²) in [6, 6.07) is 0. The molecule has 0 radical (unpaired) electrons. The molecule has 0 fully saturated rings. The SMILES string of the molecule is CCCO/C=C(\C)[P+](Cl)(Cl)Cl.Cl[P-](Cl)(Cl)(Cl)(Cl)Cl. The van der Waals surface area contributed by atoms with Crippen molar-refractivity contribution < 1.29 is 4.74 Å². The molecule has 0 aliphatic heterocycles. The van der Waals surface area contributed by atoms with Gasteiger partial charge in [-0.25, -0.2) is 0 Å². The van der Waals surface area contributed by atoms with Crippen molar-refractivity contribution >= 4 is 109 Å². The Labute approximate surface area is 150 Å². The molecule has 0 unspecified atom stereocenters. The first-order valence-corrected chi connectivity index (χ1v) is 16.9. The van der Waals surface area contributed by atoms with Crippen LogP contribution in [0, 0.1) is 0 Å². The Balaban J connectivity index is 0. The fourth-order valence-electron chi connectivity index (χ4n) is 0.357. The molecule has 0 heterocycles. The molecule has 18 heavy (non-hydrogen) atoms. The Morgan fingerprint density at radius 2 is 1.39 bits per heavy atom. The third-order valence-electron chi connectivity index (χ3n) is 0.976. The van der Waals surface area contributed by atoms with Crippen LogP contribution in [0.15, 0.2) is 11.6 Å². The van der Waals surface area contributed by atoms with Gasteiger partial charge in [0.25, 0.3) is 0 Å². The fourth-order valence-corrected chi connectivity index (χ4v) is 0.910. The average Bonchev–Trinajstić information content (AvgIpc) is 1.96. The number of ether oxygens (including phenoxy) is 1. The van der Waals surface area contributed by atoms with Crippen molar-refractivity contribution in [1.29, 1.82) is 0 Å². The molecule has 0 aromatic carbocycles. The van der Waals surface area contributed by atoms with Gasteiger partial charge in [0.15, 0.2) is 5.31 Å². The fraction of sp³-hybridized carbons (Fsp3) is 0.667. The van der Waals surface area contributed by atoms with E-state index in [0.29, 0.717) is 11.9 Å². The number of hydrogen-bond donors (Lipinski definition) is 0. The summed E-state index contributed by atoms with van der Waals surface area (Å²) in [6.07, 6.45) is 2.49. The first kappa shape index (κ1) is 23.3. The molecule has 0 aromatic heterocycles. The topological polar surface area (TPSA) is 9.23 Å². The third kappa shape index (κ3) is 31.4. The quantitative estimate of drug-likeness (QED) is 0.221. The molecule has 0 amide bonds. The zero-order valence-electron chi connectivity index (χ0n) is 9.20. The van der Waals surface area contributed by atoms with Crippen molar-refractivity contribution in [2.75, 3.05) is 6.61 Å². The van der Waals surface area contributed by atoms with E-state index in [1.54, 1.807) is 6.92 Å². The van der Waals surface area contributed by atoms with Gasteiger partial charge in [-0.05, 0) is 6.42 Å². The zero-order chi connectivity index (χ0) is 15.3. The van der Waals surface area contributed by atoms with Crippen LogP contribution in [0.25, 0.3) is 0 Å². The van der Waals surface area contributed by atoms with Gasteiger partial charge in [-0.3, -0.25) is 0 Å². The molecule has 12 heteroatoms. The van der Waals surface area contributed by atoms with Gasteiger partial charge in [-0.2, -0.15) is 0 Å². The molecule has 114 valence electrons. The molecule has 0 aliphatic carbocycles. The second-order valence-corrected chi connectivity index (χ2v) is 35.7. The van der Waals surface area contributed by atoms with Crippen molar-refractivity contribution in [3.8, 4) is 0 Å². The second-order valence-electron chi connectivity index (χ2n) is 3.03. The predicted octanol–water partition coefficient (Wildman–Crippen LogP) is 9.75. The van der Waals surface area contributed by atoms with Crippen LogP contribution in [0.1, 0.15) is 20.3 Å². The van der Waals surface area contributed by atoms with Crippen LogP contribution in [-0.2, 0) is 4.74 Å². The van der Waals surface area contributed by atoms with Crippen molar-refractivity contribution in [2.24, 2.45) is 0 Å². The van der Waals surface area contributed by atoms with E-state index < -0.39 is 7.38 Å². The van der Waals surface area contributed by atoms with Crippen LogP contribution in [0.2, 0.25) is 0 Å². The van der Waals surface area contributed by atoms with E-state index in [0.717, 1.165) is 6.42 Å². The minimum absolute atomic E-state index is 0.669. The molecule has 1 nitrogen and oxygen atoms in total. The first-order chi connectivity index (χ1) is 7.43. The molecule has 0 aliphatic rings. The summed E-state index contributed by atoms with van der Waals surface area (Å²) in [7, 11) is 0. The van der Waals surface area contributed by atoms with Gasteiger partial charge < -0.3 is 4.74 Å². The number of allylic oxidation sites excluding steroid dienone is 1. The van der Waals surface area contributed by atoms with Gasteiger partial charge in [0.1, 0.15) is 40.0 Å². The van der Waals surface area contributed by atoms with Gasteiger partial charge in [0, 0.05) is 6.92 Å². The molecule has 0 aromatic rings. The van der Waals surface area contributed by atoms with Crippen molar-refractivity contribution in [3.63, 3.8) is 0 Å². The Morgan fingerprint density at radius 1 is 1.06 bits per heavy atom. The maximum atomic E-state index is 5.66. The van der Waals surface area contributed by atoms with Crippen LogP contribution in [0.5, 0.6) is 0 Å². The molecule has 0 rings (SSSR count). The van der Waals surface area contributed by atoms with E-state index in [9.17, 15) is 0 Å². The van der Waals surface area contributed by atoms with E-state index >= 15 is 0 Å². The third-order valence-corrected chi connectivity index (χ3v) is 4.28. The summed E-state index contributed by atoms with van der Waals surface area (Å²) in [4.78, 5) is 0. The van der Waals surface area contributed by atoms with Crippen LogP contribution < -0.4 is 0 Å². The molecular formula is C6H11Cl9OP2. The molecule has 0 spiro atoms. The van der Waals surface area contributed by atoms with Crippen LogP contribution in [-0.4, -0.2) is 6.61 Å². The summed E-state index contributed by atoms with van der Waals surface area (Å²) in [5.41, 5.74) is 0. The Kier molecular flexibility index (Phi) is 9.73. The Morgan fingerprint density at radius 3 is 1.61 bits per heavy atom. The molecule has 0 atom stereocenters. The molecular weight excluding hydrogens is 469 g/mol. The normalized spacial score (nSPS) is 17.2. The number of halogens is 9. The number of hydrogen-bond acceptors (Lipinski definition) is 1. The molecule has 0 saturated heterocycles. The van der Waals surface area contributed by atoms with E-state index in [-0.39, 0.29) is 0 Å². The first-order valence-electron chi connectivity index (χ1n) is 4.27. The second kappa shape index (κ2) is 7.52. The van der Waals surface area contributed by atoms with Gasteiger partial charge in [0.2, 0.25) is 0 Å².